The van der Waals surface area contributed by atoms with Crippen molar-refractivity contribution in [3.63, 3.8) is 0 Å². The first-order valence-corrected chi connectivity index (χ1v) is 9.59. The number of carbonyl (C=O) groups is 1. The van der Waals surface area contributed by atoms with Crippen LogP contribution in [0.1, 0.15) is 38.1 Å². The summed E-state index contributed by atoms with van der Waals surface area (Å²) in [7, 11) is 0. The Morgan fingerprint density at radius 3 is 2.73 bits per heavy atom. The summed E-state index contributed by atoms with van der Waals surface area (Å²) >= 11 is 1.57. The van der Waals surface area contributed by atoms with Crippen molar-refractivity contribution in [1.29, 1.82) is 0 Å². The first-order valence-electron chi connectivity index (χ1n) is 8.71. The maximum absolute atomic E-state index is 12.2. The van der Waals surface area contributed by atoms with E-state index in [0.29, 0.717) is 18.1 Å². The fourth-order valence-electron chi connectivity index (χ4n) is 2.63. The van der Waals surface area contributed by atoms with E-state index in [1.807, 2.05) is 41.8 Å². The summed E-state index contributed by atoms with van der Waals surface area (Å²) in [4.78, 5) is 17.6. The van der Waals surface area contributed by atoms with Crippen LogP contribution in [0, 0.1) is 0 Å². The summed E-state index contributed by atoms with van der Waals surface area (Å²) in [5, 5.41) is 11.9. The highest BCUT2D eigenvalue weighted by atomic mass is 32.1. The molecule has 0 aliphatic carbocycles. The highest BCUT2D eigenvalue weighted by molar-refractivity contribution is 7.13. The number of amides is 2. The Labute approximate surface area is 156 Å². The molecule has 7 heteroatoms. The Morgan fingerprint density at radius 2 is 2.00 bits per heavy atom. The van der Waals surface area contributed by atoms with Crippen LogP contribution in [0.5, 0.6) is 0 Å². The van der Waals surface area contributed by atoms with E-state index in [4.69, 9.17) is 4.52 Å². The molecule has 0 saturated carbocycles. The average molecular weight is 370 g/mol. The molecule has 3 aromatic rings. The molecular formula is C19H22N4O2S. The number of hydrogen-bond acceptors (Lipinski definition) is 5. The van der Waals surface area contributed by atoms with Crippen molar-refractivity contribution in [1.82, 2.24) is 15.5 Å². The van der Waals surface area contributed by atoms with Gasteiger partial charge >= 0.3 is 6.03 Å². The molecule has 0 aliphatic rings. The maximum atomic E-state index is 12.2. The summed E-state index contributed by atoms with van der Waals surface area (Å²) < 4.78 is 5.37. The molecular weight excluding hydrogens is 348 g/mol. The van der Waals surface area contributed by atoms with Crippen LogP contribution in [0.4, 0.5) is 10.5 Å². The van der Waals surface area contributed by atoms with Gasteiger partial charge in [0.15, 0.2) is 0 Å². The Kier molecular flexibility index (Phi) is 6.01. The van der Waals surface area contributed by atoms with E-state index >= 15 is 0 Å². The van der Waals surface area contributed by atoms with Crippen LogP contribution in [0.3, 0.4) is 0 Å². The number of thiophene rings is 1. The number of benzene rings is 1. The van der Waals surface area contributed by atoms with Crippen LogP contribution >= 0.6 is 11.3 Å². The molecule has 0 unspecified atom stereocenters. The minimum Gasteiger partial charge on any atom is -0.339 e. The second-order valence-electron chi connectivity index (χ2n) is 5.93. The molecule has 2 amide bonds. The fourth-order valence-corrected chi connectivity index (χ4v) is 3.28. The van der Waals surface area contributed by atoms with Gasteiger partial charge in [0.25, 0.3) is 0 Å². The van der Waals surface area contributed by atoms with Gasteiger partial charge in [-0.05, 0) is 35.9 Å². The zero-order valence-corrected chi connectivity index (χ0v) is 15.7. The molecule has 2 aromatic heterocycles. The fraction of sp³-hybridized carbons (Fsp3) is 0.316. The van der Waals surface area contributed by atoms with Crippen molar-refractivity contribution in [2.45, 2.75) is 39.2 Å². The number of aromatic nitrogens is 2. The molecule has 136 valence electrons. The lowest BCUT2D eigenvalue weighted by Crippen LogP contribution is -2.37. The number of nitrogens with zero attached hydrogens (tertiary/aromatic N) is 2. The van der Waals surface area contributed by atoms with Gasteiger partial charge in [0, 0.05) is 11.7 Å². The first kappa shape index (κ1) is 18.1. The van der Waals surface area contributed by atoms with Crippen molar-refractivity contribution in [3.05, 3.63) is 53.2 Å². The highest BCUT2D eigenvalue weighted by Gasteiger charge is 2.14. The summed E-state index contributed by atoms with van der Waals surface area (Å²) in [5.41, 5.74) is 1.67. The van der Waals surface area contributed by atoms with Crippen LogP contribution < -0.4 is 10.6 Å². The number of carbonyl (C=O) groups excluding carboxylic acids is 1. The van der Waals surface area contributed by atoms with Gasteiger partial charge in [-0.25, -0.2) is 4.79 Å². The van der Waals surface area contributed by atoms with E-state index in [0.717, 1.165) is 29.0 Å². The Bertz CT molecular complexity index is 841. The van der Waals surface area contributed by atoms with E-state index < -0.39 is 0 Å². The van der Waals surface area contributed by atoms with Crippen LogP contribution in [0.25, 0.3) is 10.7 Å². The summed E-state index contributed by atoms with van der Waals surface area (Å²) in [6.45, 7) is 4.12. The minimum atomic E-state index is -0.198. The zero-order chi connectivity index (χ0) is 18.4. The number of nitrogens with one attached hydrogen (secondary N) is 2. The Balaban J connectivity index is 1.70. The van der Waals surface area contributed by atoms with Gasteiger partial charge in [0.05, 0.1) is 11.3 Å². The summed E-state index contributed by atoms with van der Waals surface area (Å²) in [5.74, 6) is 1.11. The predicted octanol–water partition coefficient (Wildman–Crippen LogP) is 4.70. The van der Waals surface area contributed by atoms with Crippen LogP contribution in [0.15, 0.2) is 46.3 Å². The minimum absolute atomic E-state index is 0.173. The van der Waals surface area contributed by atoms with Crippen molar-refractivity contribution >= 4 is 23.1 Å². The molecule has 0 spiro atoms. The average Bonchev–Trinajstić information content (AvgIpc) is 3.33. The van der Waals surface area contributed by atoms with Gasteiger partial charge in [-0.2, -0.15) is 4.98 Å². The van der Waals surface area contributed by atoms with Crippen LogP contribution in [0.2, 0.25) is 0 Å². The monoisotopic (exact) mass is 370 g/mol. The van der Waals surface area contributed by atoms with Crippen LogP contribution in [-0.4, -0.2) is 22.2 Å². The topological polar surface area (TPSA) is 80.0 Å². The van der Waals surface area contributed by atoms with Crippen LogP contribution in [-0.2, 0) is 6.42 Å². The van der Waals surface area contributed by atoms with Gasteiger partial charge in [0.1, 0.15) is 0 Å². The largest absolute Gasteiger partial charge is 0.339 e. The highest BCUT2D eigenvalue weighted by Crippen LogP contribution is 2.23. The molecule has 2 heterocycles. The number of hydrogen-bond donors (Lipinski definition) is 2. The summed E-state index contributed by atoms with van der Waals surface area (Å²) in [6.07, 6.45) is 2.26. The van der Waals surface area contributed by atoms with Crippen molar-refractivity contribution in [2.75, 3.05) is 5.32 Å². The van der Waals surface area contributed by atoms with E-state index in [9.17, 15) is 4.79 Å². The molecule has 0 atom stereocenters. The third-order valence-corrected chi connectivity index (χ3v) is 5.00. The molecule has 0 fully saturated rings. The summed E-state index contributed by atoms with van der Waals surface area (Å²) in [6, 6.07) is 11.5. The molecule has 3 rings (SSSR count). The molecule has 26 heavy (non-hydrogen) atoms. The van der Waals surface area contributed by atoms with Gasteiger partial charge in [-0.3, -0.25) is 0 Å². The molecule has 6 nitrogen and oxygen atoms in total. The van der Waals surface area contributed by atoms with Gasteiger partial charge in [-0.15, -0.1) is 11.3 Å². The van der Waals surface area contributed by atoms with E-state index in [1.165, 1.54) is 0 Å². The van der Waals surface area contributed by atoms with E-state index in [2.05, 4.69) is 34.6 Å². The van der Waals surface area contributed by atoms with Crippen molar-refractivity contribution in [3.8, 4) is 10.7 Å². The number of rotatable bonds is 7. The normalized spacial score (nSPS) is 10.9. The smallest absolute Gasteiger partial charge is 0.319 e. The number of urea groups is 1. The Morgan fingerprint density at radius 1 is 1.19 bits per heavy atom. The number of anilines is 1. The molecule has 2 N–H and O–H groups in total. The standard InChI is InChI=1S/C19H22N4O2S/c1-3-14(4-2)20-19(24)21-15-9-6-5-8-13(15)12-17-22-18(23-25-17)16-10-7-11-26-16/h5-11,14H,3-4,12H2,1-2H3,(H2,20,21,24). The first-order chi connectivity index (χ1) is 12.7. The van der Waals surface area contributed by atoms with E-state index in [-0.39, 0.29) is 12.1 Å². The zero-order valence-electron chi connectivity index (χ0n) is 14.9. The van der Waals surface area contributed by atoms with Gasteiger partial charge in [0.2, 0.25) is 11.7 Å². The van der Waals surface area contributed by atoms with E-state index in [1.54, 1.807) is 11.3 Å². The van der Waals surface area contributed by atoms with Gasteiger partial charge < -0.3 is 15.2 Å². The van der Waals surface area contributed by atoms with Crippen molar-refractivity contribution in [2.24, 2.45) is 0 Å². The third kappa shape index (κ3) is 4.49. The number of para-hydroxylation sites is 1. The SMILES string of the molecule is CCC(CC)NC(=O)Nc1ccccc1Cc1nc(-c2cccs2)no1. The van der Waals surface area contributed by atoms with Crippen molar-refractivity contribution < 1.29 is 9.32 Å². The molecule has 0 radical (unpaired) electrons. The second kappa shape index (κ2) is 8.62. The predicted molar refractivity (Wildman–Crippen MR) is 103 cm³/mol. The van der Waals surface area contributed by atoms with Gasteiger partial charge in [-0.1, -0.05) is 43.3 Å². The molecule has 1 aromatic carbocycles. The Hall–Kier alpha value is -2.67. The lowest BCUT2D eigenvalue weighted by Gasteiger charge is -2.16. The quantitative estimate of drug-likeness (QED) is 0.632. The maximum Gasteiger partial charge on any atom is 0.319 e. The molecule has 0 saturated heterocycles. The third-order valence-electron chi connectivity index (χ3n) is 4.14. The lowest BCUT2D eigenvalue weighted by atomic mass is 10.1. The lowest BCUT2D eigenvalue weighted by molar-refractivity contribution is 0.247. The molecule has 0 bridgehead atoms. The second-order valence-corrected chi connectivity index (χ2v) is 6.88. The molecule has 0 aliphatic heterocycles.